The Morgan fingerprint density at radius 1 is 0.305 bits per heavy atom. The van der Waals surface area contributed by atoms with E-state index in [0.717, 1.165) is 0 Å². The molecule has 0 bridgehead atoms. The first-order valence-electron chi connectivity index (χ1n) is 19.8. The van der Waals surface area contributed by atoms with Gasteiger partial charge in [0.05, 0.1) is 40.9 Å². The van der Waals surface area contributed by atoms with E-state index in [9.17, 15) is 38.4 Å². The number of rotatable bonds is 44. The summed E-state index contributed by atoms with van der Waals surface area (Å²) in [5.41, 5.74) is -0.664. The van der Waals surface area contributed by atoms with Crippen LogP contribution in [0.2, 0.25) is 0 Å². The lowest BCUT2D eigenvalue weighted by atomic mass is 9.71. The summed E-state index contributed by atoms with van der Waals surface area (Å²) in [5, 5.41) is 54.5. The highest BCUT2D eigenvalue weighted by atomic mass is 32.2. The molecular weight excluding hydrogens is 885 g/mol. The van der Waals surface area contributed by atoms with Crippen LogP contribution in [-0.4, -0.2) is 147 Å². The van der Waals surface area contributed by atoms with E-state index in [-0.39, 0.29) is 76.2 Å². The zero-order valence-corrected chi connectivity index (χ0v) is 38.8. The molecule has 0 fully saturated rings. The number of carbonyl (C=O) groups is 8. The number of carboxylic acids is 6. The maximum Gasteiger partial charge on any atom is 0.313 e. The Bertz CT molecular complexity index is 1070. The minimum absolute atomic E-state index is 0.0242. The molecule has 6 N–H and O–H groups in total. The van der Waals surface area contributed by atoms with Gasteiger partial charge in [-0.25, -0.2) is 0 Å². The number of hydrogen-bond donors (Lipinski definition) is 6. The monoisotopic (exact) mass is 948 g/mol. The van der Waals surface area contributed by atoms with Crippen molar-refractivity contribution in [3.63, 3.8) is 0 Å². The summed E-state index contributed by atoms with van der Waals surface area (Å²) in [6.45, 7) is 0. The summed E-state index contributed by atoms with van der Waals surface area (Å²) in [4.78, 5) is 93.4. The van der Waals surface area contributed by atoms with Gasteiger partial charge in [-0.3, -0.25) is 38.4 Å². The van der Waals surface area contributed by atoms with Gasteiger partial charge in [-0.2, -0.15) is 70.6 Å². The lowest BCUT2D eigenvalue weighted by molar-refractivity contribution is -0.134. The molecule has 0 amide bonds. The van der Waals surface area contributed by atoms with Gasteiger partial charge in [-0.05, 0) is 135 Å². The maximum atomic E-state index is 13.5. The van der Waals surface area contributed by atoms with Gasteiger partial charge >= 0.3 is 35.8 Å². The van der Waals surface area contributed by atoms with E-state index in [4.69, 9.17) is 30.6 Å². The van der Waals surface area contributed by atoms with Crippen molar-refractivity contribution in [3.8, 4) is 0 Å². The maximum absolute atomic E-state index is 13.5. The molecule has 0 atom stereocenters. The van der Waals surface area contributed by atoms with Crippen molar-refractivity contribution >= 4 is 118 Å². The zero-order valence-electron chi connectivity index (χ0n) is 33.9. The van der Waals surface area contributed by atoms with Gasteiger partial charge in [0, 0.05) is 12.8 Å². The Labute approximate surface area is 373 Å². The van der Waals surface area contributed by atoms with Crippen LogP contribution in [-0.2, 0) is 38.4 Å². The number of hydrogen-bond acceptors (Lipinski definition) is 14. The van der Waals surface area contributed by atoms with E-state index >= 15 is 0 Å². The van der Waals surface area contributed by atoms with E-state index in [0.29, 0.717) is 124 Å². The van der Waals surface area contributed by atoms with Crippen molar-refractivity contribution in [2.75, 3.05) is 69.0 Å². The first kappa shape index (κ1) is 57.3. The standard InChI is InChI=1S/C39H64O14S6/c40-30(7-15-38(9-1-17-54-24-32(42)43,10-2-18-55-25-33(44)45)11-3-19-56-26-34(46)47)23-31(41)8-16-39(12-4-20-57-27-35(48)49,13-5-21-58-28-36(50)51)14-6-22-59-29-37(52)53/h1-29H2,(H,42,43)(H,44,45)(H,46,47)(H,48,49)(H,50,51)(H,52,53). The fourth-order valence-electron chi connectivity index (χ4n) is 6.96. The van der Waals surface area contributed by atoms with E-state index in [1.165, 1.54) is 70.6 Å². The highest BCUT2D eigenvalue weighted by Gasteiger charge is 2.32. The number of ketones is 2. The Hall–Kier alpha value is -1.74. The third kappa shape index (κ3) is 35.5. The van der Waals surface area contributed by atoms with Gasteiger partial charge < -0.3 is 30.6 Å². The molecule has 0 aromatic heterocycles. The molecule has 14 nitrogen and oxygen atoms in total. The smallest absolute Gasteiger partial charge is 0.313 e. The molecule has 0 saturated carbocycles. The molecule has 0 aliphatic carbocycles. The van der Waals surface area contributed by atoms with Crippen molar-refractivity contribution in [3.05, 3.63) is 0 Å². The van der Waals surface area contributed by atoms with Gasteiger partial charge in [0.15, 0.2) is 0 Å². The second-order valence-corrected chi connectivity index (χ2v) is 21.2. The molecule has 0 saturated heterocycles. The summed E-state index contributed by atoms with van der Waals surface area (Å²) in [7, 11) is 0. The van der Waals surface area contributed by atoms with E-state index in [2.05, 4.69) is 0 Å². The van der Waals surface area contributed by atoms with E-state index in [1.807, 2.05) is 0 Å². The molecule has 0 rings (SSSR count). The lowest BCUT2D eigenvalue weighted by Crippen LogP contribution is -2.25. The van der Waals surface area contributed by atoms with Crippen LogP contribution >= 0.6 is 70.6 Å². The molecule has 0 aliphatic rings. The highest BCUT2D eigenvalue weighted by molar-refractivity contribution is 8.01. The van der Waals surface area contributed by atoms with Gasteiger partial charge in [0.1, 0.15) is 11.6 Å². The molecule has 0 unspecified atom stereocenters. The molecule has 0 aliphatic heterocycles. The Balaban J connectivity index is 5.93. The van der Waals surface area contributed by atoms with Crippen LogP contribution in [0.4, 0.5) is 0 Å². The molecule has 0 spiro atoms. The van der Waals surface area contributed by atoms with Crippen molar-refractivity contribution in [2.45, 2.75) is 109 Å². The van der Waals surface area contributed by atoms with Gasteiger partial charge in [0.2, 0.25) is 0 Å². The van der Waals surface area contributed by atoms with Crippen LogP contribution < -0.4 is 0 Å². The number of carbonyl (C=O) groups excluding carboxylic acids is 2. The molecule has 0 radical (unpaired) electrons. The van der Waals surface area contributed by atoms with Crippen LogP contribution in [0.15, 0.2) is 0 Å². The number of thioether (sulfide) groups is 6. The predicted molar refractivity (Wildman–Crippen MR) is 243 cm³/mol. The second kappa shape index (κ2) is 35.8. The summed E-state index contributed by atoms with van der Waals surface area (Å²) in [6.07, 6.45) is 9.53. The lowest BCUT2D eigenvalue weighted by Gasteiger charge is -2.35. The molecule has 0 aromatic carbocycles. The fraction of sp³-hybridized carbons (Fsp3) is 0.795. The van der Waals surface area contributed by atoms with Crippen LogP contribution in [0.25, 0.3) is 0 Å². The van der Waals surface area contributed by atoms with Crippen molar-refractivity contribution in [1.82, 2.24) is 0 Å². The minimum atomic E-state index is -0.904. The van der Waals surface area contributed by atoms with E-state index < -0.39 is 35.8 Å². The molecule has 340 valence electrons. The van der Waals surface area contributed by atoms with Gasteiger partial charge in [-0.15, -0.1) is 0 Å². The molecule has 59 heavy (non-hydrogen) atoms. The second-order valence-electron chi connectivity index (χ2n) is 14.6. The van der Waals surface area contributed by atoms with Crippen LogP contribution in [0.5, 0.6) is 0 Å². The highest BCUT2D eigenvalue weighted by Crippen LogP contribution is 2.43. The predicted octanol–water partition coefficient (Wildman–Crippen LogP) is 7.64. The quantitative estimate of drug-likeness (QED) is 0.0253. The SMILES string of the molecule is O=C(O)CSCCCC(CCCSCC(=O)O)(CCCSCC(=O)O)CCC(=O)CC(=O)CCC(CCCSCC(=O)O)(CCCSCC(=O)O)CCCSCC(=O)O. The topological polar surface area (TPSA) is 258 Å². The zero-order chi connectivity index (χ0) is 44.4. The first-order chi connectivity index (χ1) is 28.0. The van der Waals surface area contributed by atoms with Crippen LogP contribution in [0.1, 0.15) is 109 Å². The number of carboxylic acid groups (broad SMARTS) is 6. The normalized spacial score (nSPS) is 11.7. The Kier molecular flexibility index (Phi) is 34.8. The average Bonchev–Trinajstić information content (AvgIpc) is 3.14. The Morgan fingerprint density at radius 3 is 0.661 bits per heavy atom. The van der Waals surface area contributed by atoms with Crippen LogP contribution in [0, 0.1) is 10.8 Å². The average molecular weight is 949 g/mol. The van der Waals surface area contributed by atoms with Crippen LogP contribution in [0.3, 0.4) is 0 Å². The first-order valence-corrected chi connectivity index (χ1v) is 26.7. The summed E-state index contributed by atoms with van der Waals surface area (Å²) >= 11 is 7.88. The summed E-state index contributed by atoms with van der Waals surface area (Å²) in [6, 6.07) is 0. The third-order valence-corrected chi connectivity index (χ3v) is 15.8. The molecular formula is C39H64O14S6. The van der Waals surface area contributed by atoms with Crippen molar-refractivity contribution < 1.29 is 69.0 Å². The summed E-state index contributed by atoms with van der Waals surface area (Å²) < 4.78 is 0. The molecule has 0 aromatic rings. The third-order valence-electron chi connectivity index (χ3n) is 9.59. The summed E-state index contributed by atoms with van der Waals surface area (Å²) in [5.74, 6) is -2.29. The number of aliphatic carboxylic acids is 6. The minimum Gasteiger partial charge on any atom is -0.481 e. The van der Waals surface area contributed by atoms with Crippen molar-refractivity contribution in [1.29, 1.82) is 0 Å². The van der Waals surface area contributed by atoms with Gasteiger partial charge in [0.25, 0.3) is 0 Å². The largest absolute Gasteiger partial charge is 0.481 e. The molecule has 20 heteroatoms. The Morgan fingerprint density at radius 2 is 0.492 bits per heavy atom. The van der Waals surface area contributed by atoms with Gasteiger partial charge in [-0.1, -0.05) is 0 Å². The fourth-order valence-corrected chi connectivity index (χ4v) is 11.0. The van der Waals surface area contributed by atoms with Crippen molar-refractivity contribution in [2.24, 2.45) is 10.8 Å². The van der Waals surface area contributed by atoms with E-state index in [1.54, 1.807) is 0 Å². The number of Topliss-reactive ketones (excluding diaryl/α,β-unsaturated/α-hetero) is 2. The molecule has 0 heterocycles.